The van der Waals surface area contributed by atoms with Crippen molar-refractivity contribution in [2.45, 2.75) is 26.2 Å². The number of urea groups is 1. The second kappa shape index (κ2) is 8.48. The Morgan fingerprint density at radius 2 is 1.97 bits per heavy atom. The Morgan fingerprint density at radius 1 is 1.17 bits per heavy atom. The normalized spacial score (nSPS) is 21.6. The number of aliphatic hydroxyl groups excluding tert-OH is 1. The lowest BCUT2D eigenvalue weighted by Crippen LogP contribution is -2.49. The summed E-state index contributed by atoms with van der Waals surface area (Å²) < 4.78 is 0. The summed E-state index contributed by atoms with van der Waals surface area (Å²) in [6.45, 7) is 4.44. The van der Waals surface area contributed by atoms with Crippen molar-refractivity contribution in [2.75, 3.05) is 37.7 Å². The lowest BCUT2D eigenvalue weighted by atomic mass is 9.75. The monoisotopic (exact) mass is 407 g/mol. The number of nitrogens with zero attached hydrogens (tertiary/aromatic N) is 2. The minimum Gasteiger partial charge on any atom is -0.396 e. The number of aliphatic hydroxyl groups is 1. The smallest absolute Gasteiger partial charge is 0.322 e. The maximum Gasteiger partial charge on any atom is 0.322 e. The standard InChI is InChI=1S/C24H29N3O3/c1-18-8-9-20(14-21(18)27-13-11-25-23(27)30)22(29)26-12-5-10-24(16-26,17-28)15-19-6-3-2-4-7-19/h2-4,6-9,14,28H,5,10-13,15-17H2,1H3,(H,25,30)/t24-/m1/s1. The van der Waals surface area contributed by atoms with E-state index in [-0.39, 0.29) is 24.0 Å². The molecule has 2 N–H and O–H groups in total. The molecule has 0 unspecified atom stereocenters. The van der Waals surface area contributed by atoms with Crippen LogP contribution < -0.4 is 10.2 Å². The fraction of sp³-hybridized carbons (Fsp3) is 0.417. The highest BCUT2D eigenvalue weighted by molar-refractivity contribution is 5.99. The fourth-order valence-electron chi connectivity index (χ4n) is 4.66. The van der Waals surface area contributed by atoms with Crippen molar-refractivity contribution < 1.29 is 14.7 Å². The number of nitrogens with one attached hydrogen (secondary N) is 1. The third kappa shape index (κ3) is 4.05. The first-order valence-electron chi connectivity index (χ1n) is 10.6. The molecule has 2 heterocycles. The van der Waals surface area contributed by atoms with Gasteiger partial charge in [0.05, 0.1) is 6.61 Å². The van der Waals surface area contributed by atoms with Gasteiger partial charge in [0.25, 0.3) is 5.91 Å². The largest absolute Gasteiger partial charge is 0.396 e. The first kappa shape index (κ1) is 20.4. The van der Waals surface area contributed by atoms with Crippen LogP contribution in [0.3, 0.4) is 0 Å². The molecule has 2 fully saturated rings. The van der Waals surface area contributed by atoms with E-state index < -0.39 is 0 Å². The lowest BCUT2D eigenvalue weighted by Gasteiger charge is -2.42. The first-order chi connectivity index (χ1) is 14.5. The summed E-state index contributed by atoms with van der Waals surface area (Å²) in [6.07, 6.45) is 2.52. The van der Waals surface area contributed by atoms with Crippen LogP contribution >= 0.6 is 0 Å². The molecule has 2 saturated heterocycles. The van der Waals surface area contributed by atoms with Gasteiger partial charge in [0.1, 0.15) is 0 Å². The molecule has 6 nitrogen and oxygen atoms in total. The highest BCUT2D eigenvalue weighted by atomic mass is 16.3. The molecule has 4 rings (SSSR count). The maximum absolute atomic E-state index is 13.3. The molecular formula is C24H29N3O3. The van der Waals surface area contributed by atoms with Crippen LogP contribution in [0.25, 0.3) is 0 Å². The van der Waals surface area contributed by atoms with E-state index in [1.54, 1.807) is 4.90 Å². The summed E-state index contributed by atoms with van der Waals surface area (Å²) in [6, 6.07) is 15.6. The lowest BCUT2D eigenvalue weighted by molar-refractivity contribution is 0.0271. The minimum atomic E-state index is -0.322. The van der Waals surface area contributed by atoms with E-state index in [4.69, 9.17) is 0 Å². The molecule has 1 atom stereocenters. The molecule has 0 saturated carbocycles. The zero-order valence-electron chi connectivity index (χ0n) is 17.4. The quantitative estimate of drug-likeness (QED) is 0.800. The maximum atomic E-state index is 13.3. The third-order valence-corrected chi connectivity index (χ3v) is 6.31. The fourth-order valence-corrected chi connectivity index (χ4v) is 4.66. The van der Waals surface area contributed by atoms with Gasteiger partial charge in [-0.15, -0.1) is 0 Å². The second-order valence-electron chi connectivity index (χ2n) is 8.54. The third-order valence-electron chi connectivity index (χ3n) is 6.31. The van der Waals surface area contributed by atoms with E-state index in [1.165, 1.54) is 5.56 Å². The van der Waals surface area contributed by atoms with Crippen LogP contribution in [0.5, 0.6) is 0 Å². The summed E-state index contributed by atoms with van der Waals surface area (Å²) in [4.78, 5) is 29.0. The number of likely N-dealkylation sites (tertiary alicyclic amines) is 1. The zero-order chi connectivity index (χ0) is 21.1. The molecule has 0 bridgehead atoms. The van der Waals surface area contributed by atoms with Gasteiger partial charge in [0.2, 0.25) is 0 Å². The highest BCUT2D eigenvalue weighted by Crippen LogP contribution is 2.34. The number of aryl methyl sites for hydroxylation is 1. The van der Waals surface area contributed by atoms with Gasteiger partial charge in [0, 0.05) is 42.8 Å². The molecule has 6 heteroatoms. The molecule has 0 aromatic heterocycles. The number of benzene rings is 2. The first-order valence-corrected chi connectivity index (χ1v) is 10.6. The van der Waals surface area contributed by atoms with Crippen molar-refractivity contribution in [1.29, 1.82) is 0 Å². The van der Waals surface area contributed by atoms with E-state index in [0.29, 0.717) is 31.7 Å². The second-order valence-corrected chi connectivity index (χ2v) is 8.54. The Hall–Kier alpha value is -2.86. The van der Waals surface area contributed by atoms with E-state index >= 15 is 0 Å². The van der Waals surface area contributed by atoms with Gasteiger partial charge in [-0.05, 0) is 49.4 Å². The van der Waals surface area contributed by atoms with Crippen molar-refractivity contribution in [2.24, 2.45) is 5.41 Å². The Morgan fingerprint density at radius 3 is 2.67 bits per heavy atom. The van der Waals surface area contributed by atoms with Gasteiger partial charge in [0.15, 0.2) is 0 Å². The van der Waals surface area contributed by atoms with Gasteiger partial charge >= 0.3 is 6.03 Å². The van der Waals surface area contributed by atoms with Crippen LogP contribution in [0.4, 0.5) is 10.5 Å². The van der Waals surface area contributed by atoms with E-state index in [2.05, 4.69) is 17.4 Å². The number of carbonyl (C=O) groups excluding carboxylic acids is 2. The SMILES string of the molecule is Cc1ccc(C(=O)N2CCC[C@@](CO)(Cc3ccccc3)C2)cc1N1CCNC1=O. The number of hydrogen-bond acceptors (Lipinski definition) is 3. The Bertz CT molecular complexity index is 931. The number of anilines is 1. The Labute approximate surface area is 177 Å². The summed E-state index contributed by atoms with van der Waals surface area (Å²) in [5, 5.41) is 13.0. The summed E-state index contributed by atoms with van der Waals surface area (Å²) in [5.74, 6) is -0.0403. The van der Waals surface area contributed by atoms with E-state index in [0.717, 1.165) is 30.5 Å². The molecule has 2 aromatic rings. The predicted molar refractivity (Wildman–Crippen MR) is 117 cm³/mol. The average molecular weight is 408 g/mol. The Balaban J connectivity index is 1.55. The van der Waals surface area contributed by atoms with E-state index in [1.807, 2.05) is 48.2 Å². The number of hydrogen-bond donors (Lipinski definition) is 2. The van der Waals surface area contributed by atoms with Crippen LogP contribution in [0.1, 0.15) is 34.3 Å². The summed E-state index contributed by atoms with van der Waals surface area (Å²) >= 11 is 0. The minimum absolute atomic E-state index is 0.0403. The molecule has 2 aliphatic heterocycles. The van der Waals surface area contributed by atoms with Gasteiger partial charge in [-0.3, -0.25) is 9.69 Å². The molecule has 2 aliphatic rings. The number of amides is 3. The number of piperidine rings is 1. The van der Waals surface area contributed by atoms with Crippen molar-refractivity contribution in [3.63, 3.8) is 0 Å². The summed E-state index contributed by atoms with van der Waals surface area (Å²) in [7, 11) is 0. The number of rotatable bonds is 5. The Kier molecular flexibility index (Phi) is 5.77. The van der Waals surface area contributed by atoms with Crippen molar-refractivity contribution in [1.82, 2.24) is 10.2 Å². The van der Waals surface area contributed by atoms with Gasteiger partial charge in [-0.2, -0.15) is 0 Å². The molecule has 158 valence electrons. The molecule has 3 amide bonds. The zero-order valence-corrected chi connectivity index (χ0v) is 17.4. The molecule has 0 radical (unpaired) electrons. The van der Waals surface area contributed by atoms with E-state index in [9.17, 15) is 14.7 Å². The number of carbonyl (C=O) groups is 2. The average Bonchev–Trinajstić information content (AvgIpc) is 3.20. The molecule has 0 spiro atoms. The van der Waals surface area contributed by atoms with Crippen molar-refractivity contribution in [3.8, 4) is 0 Å². The predicted octanol–water partition coefficient (Wildman–Crippen LogP) is 2.98. The van der Waals surface area contributed by atoms with Gasteiger partial charge in [-0.1, -0.05) is 36.4 Å². The molecular weight excluding hydrogens is 378 g/mol. The molecule has 30 heavy (non-hydrogen) atoms. The van der Waals surface area contributed by atoms with Gasteiger partial charge in [-0.25, -0.2) is 4.79 Å². The van der Waals surface area contributed by atoms with Crippen LogP contribution in [-0.4, -0.2) is 54.7 Å². The topological polar surface area (TPSA) is 72.9 Å². The van der Waals surface area contributed by atoms with Crippen LogP contribution in [0, 0.1) is 12.3 Å². The van der Waals surface area contributed by atoms with Crippen LogP contribution in [0.15, 0.2) is 48.5 Å². The van der Waals surface area contributed by atoms with Crippen molar-refractivity contribution >= 4 is 17.6 Å². The van der Waals surface area contributed by atoms with Crippen molar-refractivity contribution in [3.05, 3.63) is 65.2 Å². The molecule has 2 aromatic carbocycles. The van der Waals surface area contributed by atoms with Gasteiger partial charge < -0.3 is 15.3 Å². The van der Waals surface area contributed by atoms with Crippen LogP contribution in [0.2, 0.25) is 0 Å². The summed E-state index contributed by atoms with van der Waals surface area (Å²) in [5.41, 5.74) is 3.20. The molecule has 0 aliphatic carbocycles. The van der Waals surface area contributed by atoms with Crippen LogP contribution in [-0.2, 0) is 6.42 Å². The highest BCUT2D eigenvalue weighted by Gasteiger charge is 2.37.